The van der Waals surface area contributed by atoms with Crippen molar-refractivity contribution in [2.24, 2.45) is 0 Å². The zero-order valence-corrected chi connectivity index (χ0v) is 16.6. The van der Waals surface area contributed by atoms with Crippen LogP contribution in [0, 0.1) is 0 Å². The first-order chi connectivity index (χ1) is 13.6. The molecule has 0 radical (unpaired) electrons. The number of aromatic amines is 1. The summed E-state index contributed by atoms with van der Waals surface area (Å²) in [7, 11) is 0. The summed E-state index contributed by atoms with van der Waals surface area (Å²) in [5.41, 5.74) is 4.09. The number of hydrogen-bond acceptors (Lipinski definition) is 3. The standard InChI is InChI=1S/C21H19BrN4O2/c22-15-8-6-14-7-9-17(20(27)24-18(14)11-15)23-21(28)19-12-16(25-26-19)10-13-4-2-1-3-5-13/h1-6,8,11-12,17H,7,9-10H2,(H,23,28)(H,24,27)(H,25,26). The van der Waals surface area contributed by atoms with Crippen LogP contribution in [-0.2, 0) is 17.6 Å². The summed E-state index contributed by atoms with van der Waals surface area (Å²) < 4.78 is 0.900. The summed E-state index contributed by atoms with van der Waals surface area (Å²) in [6, 6.07) is 16.9. The van der Waals surface area contributed by atoms with Crippen molar-refractivity contribution in [1.82, 2.24) is 15.5 Å². The molecule has 1 aromatic heterocycles. The van der Waals surface area contributed by atoms with Gasteiger partial charge >= 0.3 is 0 Å². The van der Waals surface area contributed by atoms with Gasteiger partial charge in [-0.05, 0) is 42.2 Å². The van der Waals surface area contributed by atoms with E-state index in [1.807, 2.05) is 48.5 Å². The van der Waals surface area contributed by atoms with E-state index in [0.29, 0.717) is 19.3 Å². The van der Waals surface area contributed by atoms with Crippen LogP contribution in [0.5, 0.6) is 0 Å². The molecule has 3 aromatic rings. The van der Waals surface area contributed by atoms with Crippen LogP contribution in [0.4, 0.5) is 5.69 Å². The first-order valence-corrected chi connectivity index (χ1v) is 9.86. The number of nitrogens with one attached hydrogen (secondary N) is 3. The van der Waals surface area contributed by atoms with Crippen molar-refractivity contribution in [3.8, 4) is 0 Å². The molecule has 0 bridgehead atoms. The third-order valence-electron chi connectivity index (χ3n) is 4.75. The molecule has 28 heavy (non-hydrogen) atoms. The largest absolute Gasteiger partial charge is 0.339 e. The van der Waals surface area contributed by atoms with Gasteiger partial charge in [0.15, 0.2) is 0 Å². The highest BCUT2D eigenvalue weighted by Gasteiger charge is 2.26. The molecule has 1 atom stereocenters. The molecule has 2 heterocycles. The van der Waals surface area contributed by atoms with E-state index in [0.717, 1.165) is 27.0 Å². The maximum atomic E-state index is 12.6. The van der Waals surface area contributed by atoms with Gasteiger partial charge in [-0.15, -0.1) is 0 Å². The number of benzene rings is 2. The van der Waals surface area contributed by atoms with Crippen molar-refractivity contribution in [3.63, 3.8) is 0 Å². The van der Waals surface area contributed by atoms with E-state index in [1.54, 1.807) is 6.07 Å². The number of carbonyl (C=O) groups is 2. The number of aryl methyl sites for hydroxylation is 1. The number of rotatable bonds is 4. The van der Waals surface area contributed by atoms with E-state index in [1.165, 1.54) is 0 Å². The van der Waals surface area contributed by atoms with Crippen LogP contribution in [0.1, 0.15) is 33.7 Å². The molecular formula is C21H19BrN4O2. The lowest BCUT2D eigenvalue weighted by Gasteiger charge is -2.14. The second-order valence-corrected chi connectivity index (χ2v) is 7.71. The van der Waals surface area contributed by atoms with E-state index >= 15 is 0 Å². The molecular weight excluding hydrogens is 420 g/mol. The quantitative estimate of drug-likeness (QED) is 0.582. The Kier molecular flexibility index (Phi) is 5.25. The van der Waals surface area contributed by atoms with Gasteiger partial charge in [0.25, 0.3) is 5.91 Å². The fraction of sp³-hybridized carbons (Fsp3) is 0.190. The molecule has 7 heteroatoms. The second-order valence-electron chi connectivity index (χ2n) is 6.80. The Hall–Kier alpha value is -2.93. The van der Waals surface area contributed by atoms with Crippen LogP contribution in [-0.4, -0.2) is 28.1 Å². The maximum absolute atomic E-state index is 12.6. The highest BCUT2D eigenvalue weighted by molar-refractivity contribution is 9.10. The minimum absolute atomic E-state index is 0.217. The van der Waals surface area contributed by atoms with Crippen molar-refractivity contribution in [2.75, 3.05) is 5.32 Å². The second kappa shape index (κ2) is 7.98. The molecule has 0 saturated heterocycles. The lowest BCUT2D eigenvalue weighted by Crippen LogP contribution is -2.43. The Morgan fingerprint density at radius 3 is 2.82 bits per heavy atom. The van der Waals surface area contributed by atoms with E-state index < -0.39 is 6.04 Å². The summed E-state index contributed by atoms with van der Waals surface area (Å²) in [4.78, 5) is 25.1. The topological polar surface area (TPSA) is 86.9 Å². The molecule has 4 rings (SSSR count). The Labute approximate surface area is 170 Å². The van der Waals surface area contributed by atoms with Crippen LogP contribution in [0.25, 0.3) is 0 Å². The van der Waals surface area contributed by atoms with Crippen molar-refractivity contribution in [2.45, 2.75) is 25.3 Å². The summed E-state index contributed by atoms with van der Waals surface area (Å²) in [5, 5.41) is 12.7. The van der Waals surface area contributed by atoms with E-state index in [9.17, 15) is 9.59 Å². The molecule has 142 valence electrons. The van der Waals surface area contributed by atoms with Crippen LogP contribution < -0.4 is 10.6 Å². The minimum Gasteiger partial charge on any atom is -0.339 e. The number of fused-ring (bicyclic) bond motifs is 1. The van der Waals surface area contributed by atoms with E-state index in [-0.39, 0.29) is 17.5 Å². The molecule has 0 spiro atoms. The Morgan fingerprint density at radius 2 is 2.00 bits per heavy atom. The average molecular weight is 439 g/mol. The van der Waals surface area contributed by atoms with Crippen LogP contribution >= 0.6 is 15.9 Å². The molecule has 0 fully saturated rings. The Morgan fingerprint density at radius 1 is 1.18 bits per heavy atom. The molecule has 0 saturated carbocycles. The monoisotopic (exact) mass is 438 g/mol. The number of H-pyrrole nitrogens is 1. The van der Waals surface area contributed by atoms with Gasteiger partial charge in [0, 0.05) is 22.3 Å². The number of amides is 2. The molecule has 1 unspecified atom stereocenters. The molecule has 1 aliphatic heterocycles. The zero-order valence-electron chi connectivity index (χ0n) is 15.0. The van der Waals surface area contributed by atoms with Gasteiger partial charge in [-0.2, -0.15) is 5.10 Å². The van der Waals surface area contributed by atoms with E-state index in [4.69, 9.17) is 0 Å². The minimum atomic E-state index is -0.604. The molecule has 2 amide bonds. The van der Waals surface area contributed by atoms with Crippen molar-refractivity contribution >= 4 is 33.4 Å². The van der Waals surface area contributed by atoms with Gasteiger partial charge in [-0.1, -0.05) is 52.3 Å². The lowest BCUT2D eigenvalue weighted by molar-refractivity contribution is -0.118. The zero-order chi connectivity index (χ0) is 19.5. The molecule has 3 N–H and O–H groups in total. The predicted octanol–water partition coefficient (Wildman–Crippen LogP) is 3.45. The lowest BCUT2D eigenvalue weighted by atomic mass is 10.1. The number of aromatic nitrogens is 2. The number of hydrogen-bond donors (Lipinski definition) is 3. The third kappa shape index (κ3) is 4.14. The summed E-state index contributed by atoms with van der Waals surface area (Å²) in [6.07, 6.45) is 1.90. The first kappa shape index (κ1) is 18.4. The van der Waals surface area contributed by atoms with Crippen molar-refractivity contribution in [3.05, 3.63) is 81.6 Å². The molecule has 0 aliphatic carbocycles. The van der Waals surface area contributed by atoms with Crippen molar-refractivity contribution < 1.29 is 9.59 Å². The van der Waals surface area contributed by atoms with Gasteiger partial charge in [0.2, 0.25) is 5.91 Å². The summed E-state index contributed by atoms with van der Waals surface area (Å²) >= 11 is 3.41. The fourth-order valence-electron chi connectivity index (χ4n) is 3.29. The normalized spacial score (nSPS) is 16.0. The highest BCUT2D eigenvalue weighted by atomic mass is 79.9. The Balaban J connectivity index is 1.42. The van der Waals surface area contributed by atoms with Crippen LogP contribution in [0.3, 0.4) is 0 Å². The van der Waals surface area contributed by atoms with Crippen LogP contribution in [0.2, 0.25) is 0 Å². The molecule has 1 aliphatic rings. The fourth-order valence-corrected chi connectivity index (χ4v) is 3.65. The van der Waals surface area contributed by atoms with Crippen LogP contribution in [0.15, 0.2) is 59.1 Å². The van der Waals surface area contributed by atoms with E-state index in [2.05, 4.69) is 36.8 Å². The number of halogens is 1. The molecule has 2 aromatic carbocycles. The van der Waals surface area contributed by atoms with Gasteiger partial charge in [-0.25, -0.2) is 0 Å². The summed E-state index contributed by atoms with van der Waals surface area (Å²) in [5.74, 6) is -0.576. The number of carbonyl (C=O) groups excluding carboxylic acids is 2. The van der Waals surface area contributed by atoms with Gasteiger partial charge in [0.05, 0.1) is 0 Å². The Bertz CT molecular complexity index is 1020. The average Bonchev–Trinajstić information content (AvgIpc) is 3.09. The van der Waals surface area contributed by atoms with Crippen molar-refractivity contribution in [1.29, 1.82) is 0 Å². The maximum Gasteiger partial charge on any atom is 0.272 e. The molecule has 6 nitrogen and oxygen atoms in total. The number of anilines is 1. The van der Waals surface area contributed by atoms with Gasteiger partial charge in [-0.3, -0.25) is 14.7 Å². The summed E-state index contributed by atoms with van der Waals surface area (Å²) in [6.45, 7) is 0. The first-order valence-electron chi connectivity index (χ1n) is 9.07. The SMILES string of the molecule is O=C(NC1CCc2ccc(Br)cc2NC1=O)c1cc(Cc2ccccc2)[nH]n1. The smallest absolute Gasteiger partial charge is 0.272 e. The number of nitrogens with zero attached hydrogens (tertiary/aromatic N) is 1. The van der Waals surface area contributed by atoms with Gasteiger partial charge < -0.3 is 10.6 Å². The predicted molar refractivity (Wildman–Crippen MR) is 110 cm³/mol. The highest BCUT2D eigenvalue weighted by Crippen LogP contribution is 2.26. The third-order valence-corrected chi connectivity index (χ3v) is 5.25. The van der Waals surface area contributed by atoms with Gasteiger partial charge in [0.1, 0.15) is 11.7 Å².